The number of primary sulfonamides is 1. The average Bonchev–Trinajstić information content (AvgIpc) is 2.14. The fraction of sp³-hybridized carbons (Fsp3) is 0.333. The molecule has 0 spiro atoms. The molecule has 0 amide bonds. The normalized spacial score (nSPS) is 14.8. The van der Waals surface area contributed by atoms with Crippen LogP contribution in [0.4, 0.5) is 13.2 Å². The third kappa shape index (κ3) is 2.73. The van der Waals surface area contributed by atoms with Crippen LogP contribution in [0.2, 0.25) is 0 Å². The molecule has 0 saturated heterocycles. The summed E-state index contributed by atoms with van der Waals surface area (Å²) in [7, 11) is -4.04. The van der Waals surface area contributed by atoms with Gasteiger partial charge in [-0.2, -0.15) is 13.2 Å². The SMILES string of the molecule is CC(c1ccccc1C(F)(F)F)S(N)(=O)=O. The zero-order chi connectivity index (χ0) is 12.6. The first-order valence-electron chi connectivity index (χ1n) is 4.32. The number of sulfonamides is 1. The monoisotopic (exact) mass is 253 g/mol. The number of rotatable bonds is 2. The van der Waals surface area contributed by atoms with Gasteiger partial charge in [0.1, 0.15) is 0 Å². The van der Waals surface area contributed by atoms with Gasteiger partial charge < -0.3 is 0 Å². The fourth-order valence-electron chi connectivity index (χ4n) is 1.29. The molecule has 1 aromatic rings. The van der Waals surface area contributed by atoms with Gasteiger partial charge in [0.2, 0.25) is 10.0 Å². The van der Waals surface area contributed by atoms with E-state index in [1.54, 1.807) is 0 Å². The highest BCUT2D eigenvalue weighted by atomic mass is 32.2. The van der Waals surface area contributed by atoms with E-state index >= 15 is 0 Å². The standard InChI is InChI=1S/C9H10F3NO2S/c1-6(16(13,14)15)7-4-2-3-5-8(7)9(10,11)12/h2-6H,1H3,(H2,13,14,15). The number of nitrogens with two attached hydrogens (primary N) is 1. The summed E-state index contributed by atoms with van der Waals surface area (Å²) < 4.78 is 59.7. The molecule has 0 radical (unpaired) electrons. The predicted molar refractivity (Wildman–Crippen MR) is 53.0 cm³/mol. The lowest BCUT2D eigenvalue weighted by atomic mass is 10.0. The van der Waals surface area contributed by atoms with Crippen LogP contribution in [-0.2, 0) is 16.2 Å². The number of hydrogen-bond acceptors (Lipinski definition) is 2. The molecule has 7 heteroatoms. The topological polar surface area (TPSA) is 60.2 Å². The summed E-state index contributed by atoms with van der Waals surface area (Å²) in [4.78, 5) is 0. The quantitative estimate of drug-likeness (QED) is 0.876. The summed E-state index contributed by atoms with van der Waals surface area (Å²) in [6.07, 6.45) is -4.59. The van der Waals surface area contributed by atoms with Crippen molar-refractivity contribution >= 4 is 10.0 Å². The minimum absolute atomic E-state index is 0.336. The molecule has 0 aliphatic heterocycles. The van der Waals surface area contributed by atoms with E-state index in [-0.39, 0.29) is 5.56 Å². The van der Waals surface area contributed by atoms with E-state index in [1.807, 2.05) is 0 Å². The fourth-order valence-corrected chi connectivity index (χ4v) is 1.85. The smallest absolute Gasteiger partial charge is 0.228 e. The van der Waals surface area contributed by atoms with Gasteiger partial charge >= 0.3 is 6.18 Å². The van der Waals surface area contributed by atoms with Crippen molar-refractivity contribution in [1.29, 1.82) is 0 Å². The highest BCUT2D eigenvalue weighted by Gasteiger charge is 2.36. The molecule has 1 rings (SSSR count). The Hall–Kier alpha value is -1.08. The van der Waals surface area contributed by atoms with E-state index in [4.69, 9.17) is 5.14 Å². The van der Waals surface area contributed by atoms with Crippen molar-refractivity contribution in [3.63, 3.8) is 0 Å². The van der Waals surface area contributed by atoms with Crippen LogP contribution >= 0.6 is 0 Å². The Kier molecular flexibility index (Phi) is 3.30. The van der Waals surface area contributed by atoms with Crippen molar-refractivity contribution in [2.75, 3.05) is 0 Å². The van der Waals surface area contributed by atoms with Crippen molar-refractivity contribution in [1.82, 2.24) is 0 Å². The van der Waals surface area contributed by atoms with Crippen molar-refractivity contribution in [2.45, 2.75) is 18.3 Å². The molecule has 0 fully saturated rings. The number of alkyl halides is 3. The third-order valence-corrected chi connectivity index (χ3v) is 3.44. The Balaban J connectivity index is 3.36. The van der Waals surface area contributed by atoms with Crippen LogP contribution < -0.4 is 5.14 Å². The van der Waals surface area contributed by atoms with Crippen molar-refractivity contribution < 1.29 is 21.6 Å². The third-order valence-electron chi connectivity index (χ3n) is 2.20. The molecule has 1 atom stereocenters. The molecule has 3 nitrogen and oxygen atoms in total. The van der Waals surface area contributed by atoms with E-state index in [1.165, 1.54) is 12.1 Å². The van der Waals surface area contributed by atoms with Crippen LogP contribution in [0.3, 0.4) is 0 Å². The maximum absolute atomic E-state index is 12.6. The summed E-state index contributed by atoms with van der Waals surface area (Å²) in [6, 6.07) is 4.48. The summed E-state index contributed by atoms with van der Waals surface area (Å²) in [5.74, 6) is 0. The van der Waals surface area contributed by atoms with Gasteiger partial charge in [-0.15, -0.1) is 0 Å². The molecule has 1 aromatic carbocycles. The van der Waals surface area contributed by atoms with Crippen molar-refractivity contribution in [3.8, 4) is 0 Å². The molecule has 0 aliphatic carbocycles. The van der Waals surface area contributed by atoms with Gasteiger partial charge in [-0.25, -0.2) is 13.6 Å². The summed E-state index contributed by atoms with van der Waals surface area (Å²) in [5, 5.41) is 3.44. The van der Waals surface area contributed by atoms with Crippen molar-refractivity contribution in [2.24, 2.45) is 5.14 Å². The lowest BCUT2D eigenvalue weighted by Gasteiger charge is -2.16. The first-order valence-corrected chi connectivity index (χ1v) is 5.92. The number of hydrogen-bond donors (Lipinski definition) is 1. The van der Waals surface area contributed by atoms with Crippen LogP contribution in [0.15, 0.2) is 24.3 Å². The molecule has 2 N–H and O–H groups in total. The molecule has 90 valence electrons. The molecule has 0 aliphatic rings. The maximum atomic E-state index is 12.6. The summed E-state index contributed by atoms with van der Waals surface area (Å²) >= 11 is 0. The second kappa shape index (κ2) is 4.06. The van der Waals surface area contributed by atoms with E-state index in [0.717, 1.165) is 19.1 Å². The van der Waals surface area contributed by atoms with Crippen LogP contribution in [-0.4, -0.2) is 8.42 Å². The average molecular weight is 253 g/mol. The Morgan fingerprint density at radius 2 is 1.75 bits per heavy atom. The lowest BCUT2D eigenvalue weighted by molar-refractivity contribution is -0.138. The van der Waals surface area contributed by atoms with Crippen molar-refractivity contribution in [3.05, 3.63) is 35.4 Å². The molecule has 16 heavy (non-hydrogen) atoms. The molecular weight excluding hydrogens is 243 g/mol. The van der Waals surface area contributed by atoms with Gasteiger partial charge in [0.25, 0.3) is 0 Å². The largest absolute Gasteiger partial charge is 0.416 e. The van der Waals surface area contributed by atoms with Gasteiger partial charge in [0.15, 0.2) is 0 Å². The van der Waals surface area contributed by atoms with E-state index < -0.39 is 27.0 Å². The number of halogens is 3. The van der Waals surface area contributed by atoms with Crippen LogP contribution in [0, 0.1) is 0 Å². The van der Waals surface area contributed by atoms with Crippen LogP contribution in [0.5, 0.6) is 0 Å². The Morgan fingerprint density at radius 3 is 2.19 bits per heavy atom. The molecule has 0 heterocycles. The van der Waals surface area contributed by atoms with Gasteiger partial charge in [0, 0.05) is 0 Å². The summed E-state index contributed by atoms with van der Waals surface area (Å²) in [6.45, 7) is 1.12. The minimum Gasteiger partial charge on any atom is -0.228 e. The van der Waals surface area contributed by atoms with Crippen LogP contribution in [0.1, 0.15) is 23.3 Å². The van der Waals surface area contributed by atoms with Gasteiger partial charge in [-0.05, 0) is 18.6 Å². The first-order chi connectivity index (χ1) is 7.14. The minimum atomic E-state index is -4.59. The second-order valence-electron chi connectivity index (χ2n) is 3.32. The van der Waals surface area contributed by atoms with Gasteiger partial charge in [-0.3, -0.25) is 0 Å². The predicted octanol–water partition coefficient (Wildman–Crippen LogP) is 2.05. The Bertz CT molecular complexity index is 482. The highest BCUT2D eigenvalue weighted by molar-refractivity contribution is 7.89. The Morgan fingerprint density at radius 1 is 1.25 bits per heavy atom. The van der Waals surface area contributed by atoms with E-state index in [9.17, 15) is 21.6 Å². The molecule has 0 saturated carbocycles. The highest BCUT2D eigenvalue weighted by Crippen LogP contribution is 2.35. The van der Waals surface area contributed by atoms with Gasteiger partial charge in [-0.1, -0.05) is 18.2 Å². The van der Waals surface area contributed by atoms with Crippen LogP contribution in [0.25, 0.3) is 0 Å². The molecular formula is C9H10F3NO2S. The summed E-state index contributed by atoms with van der Waals surface area (Å²) in [5.41, 5.74) is -1.31. The molecule has 0 aromatic heterocycles. The maximum Gasteiger partial charge on any atom is 0.416 e. The first kappa shape index (κ1) is 13.0. The lowest BCUT2D eigenvalue weighted by Crippen LogP contribution is -2.22. The molecule has 1 unspecified atom stereocenters. The van der Waals surface area contributed by atoms with E-state index in [0.29, 0.717) is 0 Å². The second-order valence-corrected chi connectivity index (χ2v) is 5.20. The zero-order valence-corrected chi connectivity index (χ0v) is 9.14. The van der Waals surface area contributed by atoms with Gasteiger partial charge in [0.05, 0.1) is 10.8 Å². The zero-order valence-electron chi connectivity index (χ0n) is 8.32. The Labute approximate surface area is 91.1 Å². The van der Waals surface area contributed by atoms with E-state index in [2.05, 4.69) is 0 Å². The molecule has 0 bridgehead atoms. The number of benzene rings is 1.